The summed E-state index contributed by atoms with van der Waals surface area (Å²) in [6.45, 7) is 4.31. The van der Waals surface area contributed by atoms with E-state index in [2.05, 4.69) is 15.5 Å². The van der Waals surface area contributed by atoms with Gasteiger partial charge >= 0.3 is 0 Å². The van der Waals surface area contributed by atoms with E-state index in [9.17, 15) is 9.59 Å². The van der Waals surface area contributed by atoms with Crippen LogP contribution in [0.1, 0.15) is 31.2 Å². The fraction of sp³-hybridized carbons (Fsp3) is 0.579. The first-order chi connectivity index (χ1) is 12.5. The van der Waals surface area contributed by atoms with Crippen LogP contribution in [-0.2, 0) is 9.59 Å². The number of benzene rings is 1. The second kappa shape index (κ2) is 10.5. The van der Waals surface area contributed by atoms with E-state index >= 15 is 0 Å². The van der Waals surface area contributed by atoms with Crippen molar-refractivity contribution in [3.8, 4) is 0 Å². The Morgan fingerprint density at radius 2 is 1.96 bits per heavy atom. The first kappa shape index (κ1) is 20.7. The van der Waals surface area contributed by atoms with Crippen molar-refractivity contribution < 1.29 is 9.59 Å². The molecule has 0 unspecified atom stereocenters. The lowest BCUT2D eigenvalue weighted by Crippen LogP contribution is -2.37. The minimum atomic E-state index is -0.527. The number of carbonyl (C=O) groups excluding carboxylic acids is 2. The van der Waals surface area contributed by atoms with Crippen LogP contribution in [-0.4, -0.2) is 54.4 Å². The number of aryl methyl sites for hydroxylation is 1. The zero-order valence-corrected chi connectivity index (χ0v) is 16.5. The molecule has 6 nitrogen and oxygen atoms in total. The number of thioether (sulfide) groups is 1. The van der Waals surface area contributed by atoms with E-state index < -0.39 is 6.04 Å². The topological polar surface area (TPSA) is 87.5 Å². The van der Waals surface area contributed by atoms with E-state index in [0.717, 1.165) is 42.9 Å². The van der Waals surface area contributed by atoms with Crippen LogP contribution in [0.3, 0.4) is 0 Å². The summed E-state index contributed by atoms with van der Waals surface area (Å²) in [7, 11) is 0. The fourth-order valence-electron chi connectivity index (χ4n) is 2.96. The molecule has 0 aliphatic carbocycles. The number of piperidine rings is 1. The van der Waals surface area contributed by atoms with Crippen LogP contribution < -0.4 is 16.4 Å². The largest absolute Gasteiger partial charge is 0.325 e. The third-order valence-corrected chi connectivity index (χ3v) is 5.21. The average molecular weight is 379 g/mol. The van der Waals surface area contributed by atoms with Crippen molar-refractivity contribution in [1.82, 2.24) is 4.90 Å². The van der Waals surface area contributed by atoms with Gasteiger partial charge in [0.25, 0.3) is 0 Å². The summed E-state index contributed by atoms with van der Waals surface area (Å²) in [6, 6.07) is 4.98. The number of rotatable bonds is 8. The van der Waals surface area contributed by atoms with Crippen molar-refractivity contribution in [2.75, 3.05) is 42.3 Å². The number of carbonyl (C=O) groups is 2. The van der Waals surface area contributed by atoms with Crippen molar-refractivity contribution in [3.05, 3.63) is 23.8 Å². The Hall–Kier alpha value is -1.57. The molecule has 1 aromatic carbocycles. The molecule has 2 amide bonds. The molecule has 1 fully saturated rings. The molecule has 0 radical (unpaired) electrons. The molecule has 4 N–H and O–H groups in total. The van der Waals surface area contributed by atoms with Gasteiger partial charge in [-0.1, -0.05) is 12.5 Å². The summed E-state index contributed by atoms with van der Waals surface area (Å²) in [5, 5.41) is 5.81. The van der Waals surface area contributed by atoms with Gasteiger partial charge in [0.2, 0.25) is 11.8 Å². The number of anilines is 2. The van der Waals surface area contributed by atoms with Crippen molar-refractivity contribution in [1.29, 1.82) is 0 Å². The van der Waals surface area contributed by atoms with Crippen LogP contribution in [0.4, 0.5) is 11.4 Å². The quantitative estimate of drug-likeness (QED) is 0.647. The molecule has 0 bridgehead atoms. The summed E-state index contributed by atoms with van der Waals surface area (Å²) >= 11 is 1.67. The summed E-state index contributed by atoms with van der Waals surface area (Å²) < 4.78 is 0. The summed E-state index contributed by atoms with van der Waals surface area (Å²) in [5.41, 5.74) is 8.23. The van der Waals surface area contributed by atoms with Crippen molar-refractivity contribution >= 4 is 35.0 Å². The number of nitrogens with one attached hydrogen (secondary N) is 2. The monoisotopic (exact) mass is 378 g/mol. The van der Waals surface area contributed by atoms with Gasteiger partial charge in [0.05, 0.1) is 12.6 Å². The normalized spacial score (nSPS) is 16.1. The van der Waals surface area contributed by atoms with Crippen LogP contribution >= 0.6 is 11.8 Å². The molecule has 0 aromatic heterocycles. The van der Waals surface area contributed by atoms with Gasteiger partial charge in [-0.25, -0.2) is 0 Å². The molecule has 26 heavy (non-hydrogen) atoms. The van der Waals surface area contributed by atoms with Crippen LogP contribution in [0.2, 0.25) is 0 Å². The molecule has 1 aliphatic rings. The SMILES string of the molecule is CSCC[C@H](N)C(=O)Nc1ccc(C)c(NC(=O)CN2CCCCC2)c1. The molecule has 1 aliphatic heterocycles. The number of nitrogens with zero attached hydrogens (tertiary/aromatic N) is 1. The first-order valence-corrected chi connectivity index (χ1v) is 10.6. The van der Waals surface area contributed by atoms with Crippen molar-refractivity contribution in [2.24, 2.45) is 5.73 Å². The maximum absolute atomic E-state index is 12.3. The summed E-state index contributed by atoms with van der Waals surface area (Å²) in [5.74, 6) is 0.629. The van der Waals surface area contributed by atoms with Crippen LogP contribution in [0.5, 0.6) is 0 Å². The Morgan fingerprint density at radius 1 is 1.23 bits per heavy atom. The maximum atomic E-state index is 12.3. The van der Waals surface area contributed by atoms with E-state index in [-0.39, 0.29) is 11.8 Å². The molecule has 1 atom stereocenters. The maximum Gasteiger partial charge on any atom is 0.241 e. The van der Waals surface area contributed by atoms with E-state index in [1.165, 1.54) is 6.42 Å². The third kappa shape index (κ3) is 6.63. The van der Waals surface area contributed by atoms with E-state index in [0.29, 0.717) is 18.7 Å². The molecule has 1 saturated heterocycles. The summed E-state index contributed by atoms with van der Waals surface area (Å²) in [6.07, 6.45) is 6.19. The van der Waals surface area contributed by atoms with Gasteiger partial charge in [-0.2, -0.15) is 11.8 Å². The van der Waals surface area contributed by atoms with E-state index in [1.807, 2.05) is 25.3 Å². The van der Waals surface area contributed by atoms with Gasteiger partial charge < -0.3 is 16.4 Å². The zero-order valence-electron chi connectivity index (χ0n) is 15.7. The number of amides is 2. The highest BCUT2D eigenvalue weighted by Crippen LogP contribution is 2.21. The first-order valence-electron chi connectivity index (χ1n) is 9.18. The lowest BCUT2D eigenvalue weighted by atomic mass is 10.1. The van der Waals surface area contributed by atoms with E-state index in [4.69, 9.17) is 5.73 Å². The lowest BCUT2D eigenvalue weighted by molar-refractivity contribution is -0.118. The van der Waals surface area contributed by atoms with Crippen LogP contribution in [0, 0.1) is 6.92 Å². The van der Waals surface area contributed by atoms with E-state index in [1.54, 1.807) is 17.8 Å². The Kier molecular flexibility index (Phi) is 8.41. The summed E-state index contributed by atoms with van der Waals surface area (Å²) in [4.78, 5) is 26.7. The minimum Gasteiger partial charge on any atom is -0.325 e. The Bertz CT molecular complexity index is 618. The fourth-order valence-corrected chi connectivity index (χ4v) is 3.45. The number of nitrogens with two attached hydrogens (primary N) is 1. The predicted octanol–water partition coefficient (Wildman–Crippen LogP) is 2.44. The number of hydrogen-bond acceptors (Lipinski definition) is 5. The third-order valence-electron chi connectivity index (χ3n) is 4.56. The molecule has 0 saturated carbocycles. The molecule has 7 heteroatoms. The van der Waals surface area contributed by atoms with Crippen LogP contribution in [0.25, 0.3) is 0 Å². The highest BCUT2D eigenvalue weighted by Gasteiger charge is 2.16. The van der Waals surface area contributed by atoms with Gasteiger partial charge in [0, 0.05) is 11.4 Å². The van der Waals surface area contributed by atoms with Crippen LogP contribution in [0.15, 0.2) is 18.2 Å². The molecule has 1 heterocycles. The van der Waals surface area contributed by atoms with Crippen molar-refractivity contribution in [2.45, 2.75) is 38.6 Å². The molecule has 1 aromatic rings. The lowest BCUT2D eigenvalue weighted by Gasteiger charge is -2.25. The zero-order chi connectivity index (χ0) is 18.9. The van der Waals surface area contributed by atoms with Gasteiger partial charge in [-0.15, -0.1) is 0 Å². The predicted molar refractivity (Wildman–Crippen MR) is 110 cm³/mol. The number of hydrogen-bond donors (Lipinski definition) is 3. The van der Waals surface area contributed by atoms with Crippen molar-refractivity contribution in [3.63, 3.8) is 0 Å². The minimum absolute atomic E-state index is 0.0184. The van der Waals surface area contributed by atoms with Gasteiger partial charge in [-0.05, 0) is 69.0 Å². The molecular formula is C19H30N4O2S. The Labute approximate surface area is 160 Å². The second-order valence-electron chi connectivity index (χ2n) is 6.79. The molecule has 0 spiro atoms. The van der Waals surface area contributed by atoms with Gasteiger partial charge in [-0.3, -0.25) is 14.5 Å². The Morgan fingerprint density at radius 3 is 2.65 bits per heavy atom. The highest BCUT2D eigenvalue weighted by atomic mass is 32.2. The molecule has 2 rings (SSSR count). The standard InChI is InChI=1S/C19H30N4O2S/c1-14-6-7-15(21-19(25)16(20)8-11-26-2)12-17(14)22-18(24)13-23-9-4-3-5-10-23/h6-7,12,16H,3-5,8-11,13,20H2,1-2H3,(H,21,25)(H,22,24)/t16-/m0/s1. The number of likely N-dealkylation sites (tertiary alicyclic amines) is 1. The second-order valence-corrected chi connectivity index (χ2v) is 7.78. The average Bonchev–Trinajstić information content (AvgIpc) is 2.63. The molecular weight excluding hydrogens is 348 g/mol. The highest BCUT2D eigenvalue weighted by molar-refractivity contribution is 7.98. The van der Waals surface area contributed by atoms with Gasteiger partial charge in [0.15, 0.2) is 0 Å². The Balaban J connectivity index is 1.93. The molecule has 144 valence electrons. The smallest absolute Gasteiger partial charge is 0.241 e. The van der Waals surface area contributed by atoms with Gasteiger partial charge in [0.1, 0.15) is 0 Å².